The molecule has 0 fully saturated rings. The van der Waals surface area contributed by atoms with Crippen molar-refractivity contribution in [3.05, 3.63) is 30.1 Å². The molecule has 0 aliphatic rings. The van der Waals surface area contributed by atoms with Gasteiger partial charge in [-0.15, -0.1) is 0 Å². The molecule has 0 aliphatic carbocycles. The quantitative estimate of drug-likeness (QED) is 0.784. The van der Waals surface area contributed by atoms with Crippen LogP contribution < -0.4 is 0 Å². The number of likely N-dealkylation sites (N-methyl/N-ethyl adjacent to an activating group) is 1. The zero-order valence-corrected chi connectivity index (χ0v) is 11.1. The molecule has 1 aromatic heterocycles. The molecule has 1 aromatic rings. The molecule has 0 aliphatic heterocycles. The smallest absolute Gasteiger partial charge is 0.0473 e. The van der Waals surface area contributed by atoms with Crippen molar-refractivity contribution in [1.82, 2.24) is 9.88 Å². The molecule has 3 nitrogen and oxygen atoms in total. The van der Waals surface area contributed by atoms with Crippen molar-refractivity contribution in [3.8, 4) is 0 Å². The molecule has 0 bridgehead atoms. The van der Waals surface area contributed by atoms with E-state index in [1.54, 1.807) is 0 Å². The van der Waals surface area contributed by atoms with Gasteiger partial charge in [-0.05, 0) is 43.0 Å². The lowest BCUT2D eigenvalue weighted by atomic mass is 9.96. The maximum absolute atomic E-state index is 9.30. The van der Waals surface area contributed by atoms with Gasteiger partial charge in [0.1, 0.15) is 0 Å². The van der Waals surface area contributed by atoms with Gasteiger partial charge >= 0.3 is 0 Å². The summed E-state index contributed by atoms with van der Waals surface area (Å²) in [4.78, 5) is 6.30. The average molecular weight is 236 g/mol. The fraction of sp³-hybridized carbons (Fsp3) is 0.643. The van der Waals surface area contributed by atoms with Gasteiger partial charge < -0.3 is 10.0 Å². The second-order valence-corrected chi connectivity index (χ2v) is 5.05. The standard InChI is InChI=1S/C14H24N2O/c1-12(2)14(11-17)10-16(3)9-6-13-4-7-15-8-5-13/h4-5,7-8,12,14,17H,6,9-11H2,1-3H3. The summed E-state index contributed by atoms with van der Waals surface area (Å²) in [6.45, 7) is 6.58. The van der Waals surface area contributed by atoms with Gasteiger partial charge in [0, 0.05) is 32.1 Å². The van der Waals surface area contributed by atoms with E-state index in [1.165, 1.54) is 5.56 Å². The number of aromatic nitrogens is 1. The fourth-order valence-electron chi connectivity index (χ4n) is 1.84. The summed E-state index contributed by atoms with van der Waals surface area (Å²) in [6, 6.07) is 4.11. The van der Waals surface area contributed by atoms with Crippen LogP contribution in [-0.4, -0.2) is 41.7 Å². The second-order valence-electron chi connectivity index (χ2n) is 5.05. The van der Waals surface area contributed by atoms with Crippen molar-refractivity contribution in [3.63, 3.8) is 0 Å². The largest absolute Gasteiger partial charge is 0.396 e. The van der Waals surface area contributed by atoms with Gasteiger partial charge in [-0.25, -0.2) is 0 Å². The number of pyridine rings is 1. The molecule has 96 valence electrons. The summed E-state index contributed by atoms with van der Waals surface area (Å²) < 4.78 is 0. The lowest BCUT2D eigenvalue weighted by molar-refractivity contribution is 0.147. The molecule has 0 amide bonds. The Labute approximate surface area is 104 Å². The predicted molar refractivity (Wildman–Crippen MR) is 70.9 cm³/mol. The van der Waals surface area contributed by atoms with Crippen LogP contribution in [0.3, 0.4) is 0 Å². The van der Waals surface area contributed by atoms with Crippen molar-refractivity contribution in [2.45, 2.75) is 20.3 Å². The van der Waals surface area contributed by atoms with Crippen LogP contribution in [-0.2, 0) is 6.42 Å². The molecule has 0 aromatic carbocycles. The van der Waals surface area contributed by atoms with E-state index in [0.717, 1.165) is 19.5 Å². The van der Waals surface area contributed by atoms with Crippen molar-refractivity contribution in [2.75, 3.05) is 26.7 Å². The van der Waals surface area contributed by atoms with Crippen molar-refractivity contribution >= 4 is 0 Å². The fourth-order valence-corrected chi connectivity index (χ4v) is 1.84. The van der Waals surface area contributed by atoms with E-state index >= 15 is 0 Å². The van der Waals surface area contributed by atoms with Crippen LogP contribution in [0.2, 0.25) is 0 Å². The monoisotopic (exact) mass is 236 g/mol. The zero-order chi connectivity index (χ0) is 12.7. The van der Waals surface area contributed by atoms with Gasteiger partial charge in [0.2, 0.25) is 0 Å². The molecule has 3 heteroatoms. The van der Waals surface area contributed by atoms with Crippen LogP contribution in [0.25, 0.3) is 0 Å². The first-order valence-corrected chi connectivity index (χ1v) is 6.31. The Morgan fingerprint density at radius 2 is 1.94 bits per heavy atom. The lowest BCUT2D eigenvalue weighted by Crippen LogP contribution is -2.32. The van der Waals surface area contributed by atoms with Crippen LogP contribution in [0.15, 0.2) is 24.5 Å². The minimum Gasteiger partial charge on any atom is -0.396 e. The first-order chi connectivity index (χ1) is 8.13. The maximum atomic E-state index is 9.30. The number of aliphatic hydroxyl groups is 1. The van der Waals surface area contributed by atoms with E-state index in [4.69, 9.17) is 0 Å². The number of rotatable bonds is 7. The lowest BCUT2D eigenvalue weighted by Gasteiger charge is -2.25. The minimum absolute atomic E-state index is 0.275. The molecule has 1 rings (SSSR count). The molecule has 0 saturated heterocycles. The van der Waals surface area contributed by atoms with E-state index in [2.05, 4.69) is 42.9 Å². The van der Waals surface area contributed by atoms with Crippen LogP contribution in [0, 0.1) is 11.8 Å². The minimum atomic E-state index is 0.275. The number of aliphatic hydroxyl groups excluding tert-OH is 1. The summed E-state index contributed by atoms with van der Waals surface area (Å²) in [5.74, 6) is 0.904. The highest BCUT2D eigenvalue weighted by Gasteiger charge is 2.14. The zero-order valence-electron chi connectivity index (χ0n) is 11.1. The third kappa shape index (κ3) is 5.29. The molecule has 17 heavy (non-hydrogen) atoms. The number of nitrogens with zero attached hydrogens (tertiary/aromatic N) is 2. The normalized spacial score (nSPS) is 13.3. The van der Waals surface area contributed by atoms with Crippen LogP contribution >= 0.6 is 0 Å². The molecule has 1 unspecified atom stereocenters. The van der Waals surface area contributed by atoms with E-state index in [9.17, 15) is 5.11 Å². The molecular formula is C14H24N2O. The van der Waals surface area contributed by atoms with Gasteiger partial charge in [-0.3, -0.25) is 4.98 Å². The highest BCUT2D eigenvalue weighted by Crippen LogP contribution is 2.11. The highest BCUT2D eigenvalue weighted by atomic mass is 16.3. The van der Waals surface area contributed by atoms with Crippen molar-refractivity contribution < 1.29 is 5.11 Å². The first kappa shape index (κ1) is 14.1. The van der Waals surface area contributed by atoms with Crippen LogP contribution in [0.1, 0.15) is 19.4 Å². The van der Waals surface area contributed by atoms with Crippen molar-refractivity contribution in [2.24, 2.45) is 11.8 Å². The Balaban J connectivity index is 2.32. The summed E-state index contributed by atoms with van der Waals surface area (Å²) in [7, 11) is 2.12. The Hall–Kier alpha value is -0.930. The third-order valence-corrected chi connectivity index (χ3v) is 3.26. The Bertz CT molecular complexity index is 300. The van der Waals surface area contributed by atoms with Gasteiger partial charge in [0.25, 0.3) is 0 Å². The topological polar surface area (TPSA) is 36.4 Å². The van der Waals surface area contributed by atoms with E-state index in [-0.39, 0.29) is 6.61 Å². The molecule has 0 saturated carbocycles. The predicted octanol–water partition coefficient (Wildman–Crippen LogP) is 1.82. The molecular weight excluding hydrogens is 212 g/mol. The van der Waals surface area contributed by atoms with Gasteiger partial charge in [-0.1, -0.05) is 13.8 Å². The highest BCUT2D eigenvalue weighted by molar-refractivity contribution is 5.09. The van der Waals surface area contributed by atoms with Gasteiger partial charge in [0.15, 0.2) is 0 Å². The Morgan fingerprint density at radius 3 is 2.47 bits per heavy atom. The summed E-state index contributed by atoms with van der Waals surface area (Å²) in [5.41, 5.74) is 1.32. The van der Waals surface area contributed by atoms with Gasteiger partial charge in [0.05, 0.1) is 0 Å². The molecule has 0 spiro atoms. The summed E-state index contributed by atoms with van der Waals surface area (Å²) in [6.07, 6.45) is 4.70. The van der Waals surface area contributed by atoms with E-state index in [1.807, 2.05) is 12.4 Å². The summed E-state index contributed by atoms with van der Waals surface area (Å²) in [5, 5.41) is 9.30. The SMILES string of the molecule is CC(C)C(CO)CN(C)CCc1ccncc1. The molecule has 0 radical (unpaired) electrons. The first-order valence-electron chi connectivity index (χ1n) is 6.31. The molecule has 1 N–H and O–H groups in total. The van der Waals surface area contributed by atoms with Crippen LogP contribution in [0.4, 0.5) is 0 Å². The number of hydrogen-bond acceptors (Lipinski definition) is 3. The number of hydrogen-bond donors (Lipinski definition) is 1. The van der Waals surface area contributed by atoms with Gasteiger partial charge in [-0.2, -0.15) is 0 Å². The Morgan fingerprint density at radius 1 is 1.29 bits per heavy atom. The Kier molecular flexibility index (Phi) is 6.16. The second kappa shape index (κ2) is 7.41. The van der Waals surface area contributed by atoms with E-state index < -0.39 is 0 Å². The third-order valence-electron chi connectivity index (χ3n) is 3.26. The average Bonchev–Trinajstić information content (AvgIpc) is 2.34. The maximum Gasteiger partial charge on any atom is 0.0473 e. The molecule has 1 atom stereocenters. The van der Waals surface area contributed by atoms with Crippen molar-refractivity contribution in [1.29, 1.82) is 0 Å². The van der Waals surface area contributed by atoms with E-state index in [0.29, 0.717) is 11.8 Å². The summed E-state index contributed by atoms with van der Waals surface area (Å²) >= 11 is 0. The van der Waals surface area contributed by atoms with Crippen LogP contribution in [0.5, 0.6) is 0 Å². The molecule has 1 heterocycles.